The second kappa shape index (κ2) is 8.80. The molecule has 0 atom stereocenters. The van der Waals surface area contributed by atoms with Crippen LogP contribution in [-0.4, -0.2) is 43.4 Å². The van der Waals surface area contributed by atoms with Gasteiger partial charge in [0.1, 0.15) is 11.3 Å². The van der Waals surface area contributed by atoms with Gasteiger partial charge in [-0.1, -0.05) is 35.1 Å². The van der Waals surface area contributed by atoms with Crippen molar-refractivity contribution in [3.05, 3.63) is 52.3 Å². The van der Waals surface area contributed by atoms with Gasteiger partial charge >= 0.3 is 0 Å². The highest BCUT2D eigenvalue weighted by atomic mass is 32.2. The van der Waals surface area contributed by atoms with Crippen molar-refractivity contribution in [2.75, 3.05) is 20.2 Å². The van der Waals surface area contributed by atoms with Crippen LogP contribution in [0.3, 0.4) is 0 Å². The van der Waals surface area contributed by atoms with Crippen molar-refractivity contribution in [2.24, 2.45) is 18.0 Å². The topological polar surface area (TPSA) is 81.0 Å². The van der Waals surface area contributed by atoms with Crippen LogP contribution in [0.4, 0.5) is 0 Å². The van der Waals surface area contributed by atoms with Crippen LogP contribution in [0, 0.1) is 19.8 Å². The molecule has 1 fully saturated rings. The first kappa shape index (κ1) is 22.7. The van der Waals surface area contributed by atoms with Gasteiger partial charge in [0.15, 0.2) is 4.80 Å². The number of amides is 1. The third-order valence-electron chi connectivity index (χ3n) is 5.99. The molecule has 0 bridgehead atoms. The summed E-state index contributed by atoms with van der Waals surface area (Å²) in [5.74, 6) is 0.261. The standard InChI is InChI=1S/C23H27N3O4S2/c1-15-5-8-18(9-6-15)32(28,29)26-13-11-17(12-14-26)22(27)24-23-25(3)20-19(30-4)10-7-16(2)21(20)31-23/h5-10,17H,11-14H2,1-4H3. The lowest BCUT2D eigenvalue weighted by Crippen LogP contribution is -2.40. The van der Waals surface area contributed by atoms with Gasteiger partial charge in [-0.2, -0.15) is 9.30 Å². The molecule has 2 heterocycles. The Bertz CT molecular complexity index is 1330. The number of sulfonamides is 1. The van der Waals surface area contributed by atoms with Crippen LogP contribution < -0.4 is 9.54 Å². The summed E-state index contributed by atoms with van der Waals surface area (Å²) in [4.78, 5) is 18.2. The number of rotatable bonds is 4. The van der Waals surface area contributed by atoms with Gasteiger partial charge in [-0.25, -0.2) is 8.42 Å². The fourth-order valence-electron chi connectivity index (χ4n) is 4.01. The van der Waals surface area contributed by atoms with Gasteiger partial charge in [-0.3, -0.25) is 4.79 Å². The maximum absolute atomic E-state index is 12.9. The Kier molecular flexibility index (Phi) is 6.24. The van der Waals surface area contributed by atoms with Gasteiger partial charge < -0.3 is 9.30 Å². The number of ether oxygens (including phenoxy) is 1. The predicted molar refractivity (Wildman–Crippen MR) is 125 cm³/mol. The quantitative estimate of drug-likeness (QED) is 0.582. The van der Waals surface area contributed by atoms with Crippen LogP contribution in [0.25, 0.3) is 10.2 Å². The number of carbonyl (C=O) groups excluding carboxylic acids is 1. The van der Waals surface area contributed by atoms with E-state index in [1.54, 1.807) is 31.4 Å². The zero-order valence-corrected chi connectivity index (χ0v) is 20.3. The van der Waals surface area contributed by atoms with Crippen LogP contribution in [0.5, 0.6) is 5.75 Å². The zero-order chi connectivity index (χ0) is 23.0. The minimum Gasteiger partial charge on any atom is -0.495 e. The largest absolute Gasteiger partial charge is 0.495 e. The van der Waals surface area contributed by atoms with Crippen LogP contribution in [0.15, 0.2) is 46.3 Å². The number of hydrogen-bond donors (Lipinski definition) is 0. The summed E-state index contributed by atoms with van der Waals surface area (Å²) in [5.41, 5.74) is 3.03. The molecule has 1 saturated heterocycles. The fraction of sp³-hybridized carbons (Fsp3) is 0.391. The Morgan fingerprint density at radius 3 is 2.38 bits per heavy atom. The van der Waals surface area contributed by atoms with E-state index in [4.69, 9.17) is 4.74 Å². The minimum absolute atomic E-state index is 0.198. The molecule has 1 aliphatic rings. The van der Waals surface area contributed by atoms with Gasteiger partial charge in [0, 0.05) is 26.1 Å². The lowest BCUT2D eigenvalue weighted by molar-refractivity contribution is -0.122. The number of methoxy groups -OCH3 is 1. The Hall–Kier alpha value is -2.49. The molecule has 9 heteroatoms. The van der Waals surface area contributed by atoms with Crippen molar-refractivity contribution >= 4 is 37.5 Å². The zero-order valence-electron chi connectivity index (χ0n) is 18.7. The summed E-state index contributed by atoms with van der Waals surface area (Å²) < 4.78 is 35.7. The number of hydrogen-bond acceptors (Lipinski definition) is 5. The summed E-state index contributed by atoms with van der Waals surface area (Å²) in [6.45, 7) is 4.57. The number of fused-ring (bicyclic) bond motifs is 1. The van der Waals surface area contributed by atoms with E-state index in [1.807, 2.05) is 37.6 Å². The van der Waals surface area contributed by atoms with Gasteiger partial charge in [-0.15, -0.1) is 0 Å². The molecule has 3 aromatic rings. The summed E-state index contributed by atoms with van der Waals surface area (Å²) in [7, 11) is -0.0421. The van der Waals surface area contributed by atoms with Crippen LogP contribution >= 0.6 is 11.3 Å². The van der Waals surface area contributed by atoms with Crippen molar-refractivity contribution in [2.45, 2.75) is 31.6 Å². The van der Waals surface area contributed by atoms with Crippen LogP contribution in [0.1, 0.15) is 24.0 Å². The number of aromatic nitrogens is 1. The van der Waals surface area contributed by atoms with Crippen molar-refractivity contribution in [3.8, 4) is 5.75 Å². The van der Waals surface area contributed by atoms with E-state index >= 15 is 0 Å². The molecule has 0 unspecified atom stereocenters. The van der Waals surface area contributed by atoms with E-state index in [0.29, 0.717) is 35.6 Å². The molecule has 0 N–H and O–H groups in total. The Morgan fingerprint density at radius 1 is 1.09 bits per heavy atom. The summed E-state index contributed by atoms with van der Waals surface area (Å²) >= 11 is 1.46. The maximum atomic E-state index is 12.9. The SMILES string of the molecule is COc1ccc(C)c2sc(=NC(=O)C3CCN(S(=O)(=O)c4ccc(C)cc4)CC3)n(C)c12. The first-order chi connectivity index (χ1) is 15.2. The third kappa shape index (κ3) is 4.12. The number of benzene rings is 2. The molecule has 32 heavy (non-hydrogen) atoms. The molecule has 7 nitrogen and oxygen atoms in total. The van der Waals surface area contributed by atoms with E-state index in [2.05, 4.69) is 4.99 Å². The van der Waals surface area contributed by atoms with Crippen molar-refractivity contribution in [3.63, 3.8) is 0 Å². The second-order valence-corrected chi connectivity index (χ2v) is 11.1. The predicted octanol–water partition coefficient (Wildman–Crippen LogP) is 3.39. The number of piperidine rings is 1. The lowest BCUT2D eigenvalue weighted by atomic mass is 9.98. The van der Waals surface area contributed by atoms with Gasteiger partial charge in [-0.05, 0) is 50.5 Å². The highest BCUT2D eigenvalue weighted by Gasteiger charge is 2.32. The Morgan fingerprint density at radius 2 is 1.75 bits per heavy atom. The normalized spacial score (nSPS) is 16.6. The number of carbonyl (C=O) groups is 1. The van der Waals surface area contributed by atoms with E-state index < -0.39 is 10.0 Å². The average molecular weight is 474 g/mol. The first-order valence-corrected chi connectivity index (χ1v) is 12.8. The van der Waals surface area contributed by atoms with E-state index in [9.17, 15) is 13.2 Å². The second-order valence-electron chi connectivity index (χ2n) is 8.15. The van der Waals surface area contributed by atoms with Crippen molar-refractivity contribution in [1.29, 1.82) is 0 Å². The van der Waals surface area contributed by atoms with E-state index in [0.717, 1.165) is 27.1 Å². The third-order valence-corrected chi connectivity index (χ3v) is 9.17. The van der Waals surface area contributed by atoms with Crippen LogP contribution in [-0.2, 0) is 21.9 Å². The Labute approximate surface area is 192 Å². The van der Waals surface area contributed by atoms with Gasteiger partial charge in [0.2, 0.25) is 10.0 Å². The van der Waals surface area contributed by atoms with Crippen LogP contribution in [0.2, 0.25) is 0 Å². The molecular formula is C23H27N3O4S2. The van der Waals surface area contributed by atoms with Crippen molar-refractivity contribution in [1.82, 2.24) is 8.87 Å². The molecule has 170 valence electrons. The lowest BCUT2D eigenvalue weighted by Gasteiger charge is -2.29. The minimum atomic E-state index is -3.55. The molecule has 4 rings (SSSR count). The monoisotopic (exact) mass is 473 g/mol. The van der Waals surface area contributed by atoms with Gasteiger partial charge in [0.25, 0.3) is 5.91 Å². The summed E-state index contributed by atoms with van der Waals surface area (Å²) in [6.07, 6.45) is 0.925. The molecule has 0 spiro atoms. The molecule has 1 aromatic heterocycles. The highest BCUT2D eigenvalue weighted by molar-refractivity contribution is 7.89. The molecule has 2 aromatic carbocycles. The molecule has 0 aliphatic carbocycles. The highest BCUT2D eigenvalue weighted by Crippen LogP contribution is 2.30. The number of aryl methyl sites for hydroxylation is 3. The molecule has 1 aliphatic heterocycles. The molecule has 0 radical (unpaired) electrons. The maximum Gasteiger partial charge on any atom is 0.251 e. The smallest absolute Gasteiger partial charge is 0.251 e. The summed E-state index contributed by atoms with van der Waals surface area (Å²) in [5, 5.41) is 0. The fourth-order valence-corrected chi connectivity index (χ4v) is 6.59. The average Bonchev–Trinajstić information content (AvgIpc) is 3.11. The summed E-state index contributed by atoms with van der Waals surface area (Å²) in [6, 6.07) is 10.8. The number of thiazole rings is 1. The van der Waals surface area contributed by atoms with E-state index in [-0.39, 0.29) is 11.8 Å². The van der Waals surface area contributed by atoms with Crippen molar-refractivity contribution < 1.29 is 17.9 Å². The number of nitrogens with zero attached hydrogens (tertiary/aromatic N) is 3. The van der Waals surface area contributed by atoms with E-state index in [1.165, 1.54) is 15.6 Å². The molecule has 1 amide bonds. The van der Waals surface area contributed by atoms with Gasteiger partial charge in [0.05, 0.1) is 16.7 Å². The molecule has 0 saturated carbocycles. The Balaban J connectivity index is 1.53. The molecular weight excluding hydrogens is 446 g/mol. The first-order valence-electron chi connectivity index (χ1n) is 10.5.